The van der Waals surface area contributed by atoms with Gasteiger partial charge < -0.3 is 30.9 Å². The normalized spacial score (nSPS) is 15.0. The van der Waals surface area contributed by atoms with Crippen LogP contribution in [0.2, 0.25) is 0 Å². The lowest BCUT2D eigenvalue weighted by Gasteiger charge is -2.35. The molecule has 5 N–H and O–H groups in total. The van der Waals surface area contributed by atoms with E-state index in [1.54, 1.807) is 0 Å². The maximum Gasteiger partial charge on any atom is 0.236 e. The van der Waals surface area contributed by atoms with E-state index in [0.717, 1.165) is 51.1 Å². The lowest BCUT2D eigenvalue weighted by Crippen LogP contribution is -2.50. The van der Waals surface area contributed by atoms with Crippen molar-refractivity contribution in [2.45, 2.75) is 32.9 Å². The Bertz CT molecular complexity index is 846. The molecule has 0 atom stereocenters. The summed E-state index contributed by atoms with van der Waals surface area (Å²) in [6.45, 7) is 11.6. The number of benzene rings is 1. The van der Waals surface area contributed by atoms with Crippen molar-refractivity contribution in [3.63, 3.8) is 0 Å². The second-order valence-corrected chi connectivity index (χ2v) is 8.94. The third-order valence-corrected chi connectivity index (χ3v) is 5.75. The van der Waals surface area contributed by atoms with E-state index in [4.69, 9.17) is 15.9 Å². The number of likely N-dealkylation sites (N-methyl/N-ethyl adjacent to an activating group) is 1. The van der Waals surface area contributed by atoms with Gasteiger partial charge >= 0.3 is 0 Å². The van der Waals surface area contributed by atoms with Crippen LogP contribution in [0.3, 0.4) is 0 Å². The molecule has 35 heavy (non-hydrogen) atoms. The van der Waals surface area contributed by atoms with Crippen molar-refractivity contribution < 1.29 is 9.53 Å². The number of ether oxygens (including phenoxy) is 1. The summed E-state index contributed by atoms with van der Waals surface area (Å²) in [5.41, 5.74) is 8.58. The number of nitrogens with zero attached hydrogens (tertiary/aromatic N) is 4. The van der Waals surface area contributed by atoms with Gasteiger partial charge in [-0.25, -0.2) is 4.99 Å². The summed E-state index contributed by atoms with van der Waals surface area (Å²) < 4.78 is 5.56. The average molecular weight is 487 g/mol. The number of rotatable bonds is 14. The highest BCUT2D eigenvalue weighted by molar-refractivity contribution is 5.98. The van der Waals surface area contributed by atoms with Gasteiger partial charge in [-0.1, -0.05) is 37.6 Å². The van der Waals surface area contributed by atoms with E-state index in [2.05, 4.69) is 58.4 Å². The fraction of sp³-hybridized carbons (Fsp3) is 0.560. The van der Waals surface area contributed by atoms with Crippen molar-refractivity contribution in [2.24, 2.45) is 10.7 Å². The van der Waals surface area contributed by atoms with Gasteiger partial charge in [-0.15, -0.1) is 0 Å². The van der Waals surface area contributed by atoms with Gasteiger partial charge in [0.1, 0.15) is 18.2 Å². The zero-order valence-electron chi connectivity index (χ0n) is 21.5. The maximum atomic E-state index is 12.2. The molecule has 1 saturated heterocycles. The first-order chi connectivity index (χ1) is 16.8. The zero-order chi connectivity index (χ0) is 25.6. The van der Waals surface area contributed by atoms with Gasteiger partial charge in [0, 0.05) is 45.9 Å². The van der Waals surface area contributed by atoms with Gasteiger partial charge in [-0.05, 0) is 38.4 Å². The van der Waals surface area contributed by atoms with Gasteiger partial charge in [-0.3, -0.25) is 15.1 Å². The SMILES string of the molecule is C=NC(=N)/C(N)=C(\NCOCCCC)NCc1ccc(CN2CCN(C(=O)CN(C)C)CC2)cc1. The number of hydrogen-bond donors (Lipinski definition) is 4. The molecule has 10 nitrogen and oxygen atoms in total. The summed E-state index contributed by atoms with van der Waals surface area (Å²) in [6.07, 6.45) is 2.06. The Morgan fingerprint density at radius 3 is 2.43 bits per heavy atom. The summed E-state index contributed by atoms with van der Waals surface area (Å²) in [6, 6.07) is 8.42. The largest absolute Gasteiger partial charge is 0.393 e. The summed E-state index contributed by atoms with van der Waals surface area (Å²) in [4.78, 5) is 22.1. The number of amides is 1. The Hall–Kier alpha value is -2.95. The molecule has 1 heterocycles. The third-order valence-electron chi connectivity index (χ3n) is 5.75. The van der Waals surface area contributed by atoms with Crippen LogP contribution in [0, 0.1) is 5.41 Å². The first-order valence-electron chi connectivity index (χ1n) is 12.2. The van der Waals surface area contributed by atoms with Crippen molar-refractivity contribution >= 4 is 18.5 Å². The van der Waals surface area contributed by atoms with Crippen molar-refractivity contribution in [2.75, 3.05) is 60.2 Å². The molecule has 1 aromatic carbocycles. The molecule has 1 aliphatic rings. The zero-order valence-corrected chi connectivity index (χ0v) is 21.5. The monoisotopic (exact) mass is 486 g/mol. The summed E-state index contributed by atoms with van der Waals surface area (Å²) in [7, 11) is 3.84. The number of carbonyl (C=O) groups excluding carboxylic acids is 1. The minimum atomic E-state index is -0.0904. The molecular weight excluding hydrogens is 444 g/mol. The highest BCUT2D eigenvalue weighted by Crippen LogP contribution is 2.11. The first-order valence-corrected chi connectivity index (χ1v) is 12.2. The predicted molar refractivity (Wildman–Crippen MR) is 141 cm³/mol. The molecule has 0 aliphatic carbocycles. The fourth-order valence-electron chi connectivity index (χ4n) is 3.64. The van der Waals surface area contributed by atoms with E-state index in [9.17, 15) is 4.79 Å². The topological polar surface area (TPSA) is 122 Å². The van der Waals surface area contributed by atoms with E-state index >= 15 is 0 Å². The predicted octanol–water partition coefficient (Wildman–Crippen LogP) is 1.15. The molecule has 194 valence electrons. The maximum absolute atomic E-state index is 12.2. The second-order valence-electron chi connectivity index (χ2n) is 8.94. The van der Waals surface area contributed by atoms with Crippen LogP contribution < -0.4 is 16.4 Å². The molecular formula is C25H42N8O2. The molecule has 1 amide bonds. The summed E-state index contributed by atoms with van der Waals surface area (Å²) >= 11 is 0. The standard InChI is InChI=1S/C25H42N8O2/c1-5-6-15-35-19-30-25(23(26)24(27)28-2)29-16-20-7-9-21(10-8-20)17-32-11-13-33(14-12-32)22(34)18-31(3)4/h7-10,27,29-30H,2,5-6,11-19,26H2,1,3-4H3/b25-23+,27-24?. The Morgan fingerprint density at radius 2 is 1.83 bits per heavy atom. The number of carbonyl (C=O) groups is 1. The van der Waals surface area contributed by atoms with Crippen LogP contribution in [0.5, 0.6) is 0 Å². The molecule has 10 heteroatoms. The Labute approximate surface area is 209 Å². The highest BCUT2D eigenvalue weighted by atomic mass is 16.5. The Kier molecular flexibility index (Phi) is 12.2. The van der Waals surface area contributed by atoms with E-state index in [-0.39, 0.29) is 17.4 Å². The molecule has 0 spiro atoms. The van der Waals surface area contributed by atoms with Gasteiger partial charge in [0.15, 0.2) is 5.84 Å². The molecule has 2 rings (SSSR count). The lowest BCUT2D eigenvalue weighted by molar-refractivity contribution is -0.133. The third kappa shape index (κ3) is 10.1. The number of amidine groups is 1. The van der Waals surface area contributed by atoms with Crippen molar-refractivity contribution in [3.05, 3.63) is 46.9 Å². The number of nitrogens with one attached hydrogen (secondary N) is 3. The van der Waals surface area contributed by atoms with Crippen LogP contribution >= 0.6 is 0 Å². The van der Waals surface area contributed by atoms with Crippen LogP contribution in [0.25, 0.3) is 0 Å². The van der Waals surface area contributed by atoms with Crippen molar-refractivity contribution in [3.8, 4) is 0 Å². The smallest absolute Gasteiger partial charge is 0.236 e. The van der Waals surface area contributed by atoms with E-state index in [0.29, 0.717) is 32.2 Å². The molecule has 0 radical (unpaired) electrons. The van der Waals surface area contributed by atoms with Crippen LogP contribution in [-0.4, -0.2) is 93.3 Å². The van der Waals surface area contributed by atoms with Crippen LogP contribution in [0.15, 0.2) is 40.8 Å². The van der Waals surface area contributed by atoms with Crippen LogP contribution in [0.1, 0.15) is 30.9 Å². The molecule has 1 aliphatic heterocycles. The Balaban J connectivity index is 1.85. The molecule has 0 bridgehead atoms. The number of hydrogen-bond acceptors (Lipinski definition) is 8. The molecule has 0 unspecified atom stereocenters. The molecule has 0 aromatic heterocycles. The van der Waals surface area contributed by atoms with Gasteiger partial charge in [0.25, 0.3) is 0 Å². The number of nitrogens with two attached hydrogens (primary N) is 1. The number of aliphatic imine (C=N–C) groups is 1. The van der Waals surface area contributed by atoms with Crippen LogP contribution in [0.4, 0.5) is 0 Å². The molecule has 0 saturated carbocycles. The number of unbranched alkanes of at least 4 members (excludes halogenated alkanes) is 1. The Morgan fingerprint density at radius 1 is 1.17 bits per heavy atom. The van der Waals surface area contributed by atoms with Crippen molar-refractivity contribution in [1.82, 2.24) is 25.3 Å². The highest BCUT2D eigenvalue weighted by Gasteiger charge is 2.21. The van der Waals surface area contributed by atoms with Crippen molar-refractivity contribution in [1.29, 1.82) is 5.41 Å². The average Bonchev–Trinajstić information content (AvgIpc) is 2.85. The second kappa shape index (κ2) is 15.1. The molecule has 1 fully saturated rings. The van der Waals surface area contributed by atoms with E-state index in [1.807, 2.05) is 23.9 Å². The quantitative estimate of drug-likeness (QED) is 0.135. The summed E-state index contributed by atoms with van der Waals surface area (Å²) in [5, 5.41) is 14.2. The molecule has 1 aromatic rings. The first kappa shape index (κ1) is 28.3. The van der Waals surface area contributed by atoms with Gasteiger partial charge in [0.2, 0.25) is 5.91 Å². The number of piperazine rings is 1. The lowest BCUT2D eigenvalue weighted by atomic mass is 10.1. The van der Waals surface area contributed by atoms with Gasteiger partial charge in [-0.2, -0.15) is 0 Å². The van der Waals surface area contributed by atoms with E-state index < -0.39 is 0 Å². The van der Waals surface area contributed by atoms with Crippen LogP contribution in [-0.2, 0) is 22.6 Å². The fourth-order valence-corrected chi connectivity index (χ4v) is 3.64. The minimum Gasteiger partial charge on any atom is -0.393 e. The van der Waals surface area contributed by atoms with Gasteiger partial charge in [0.05, 0.1) is 6.54 Å². The summed E-state index contributed by atoms with van der Waals surface area (Å²) in [5.74, 6) is 0.610. The van der Waals surface area contributed by atoms with E-state index in [1.165, 1.54) is 5.56 Å². The minimum absolute atomic E-state index is 0.0904.